The lowest BCUT2D eigenvalue weighted by Crippen LogP contribution is -2.47. The molecule has 1 aromatic carbocycles. The highest BCUT2D eigenvalue weighted by atomic mass is 32.1. The molecule has 1 saturated carbocycles. The van der Waals surface area contributed by atoms with E-state index in [1.165, 1.54) is 48.2 Å². The molecule has 1 aliphatic rings. The van der Waals surface area contributed by atoms with E-state index in [0.717, 1.165) is 30.6 Å². The van der Waals surface area contributed by atoms with Crippen molar-refractivity contribution in [3.8, 4) is 0 Å². The lowest BCUT2D eigenvalue weighted by molar-refractivity contribution is -0.123. The van der Waals surface area contributed by atoms with Crippen LogP contribution in [0.25, 0.3) is 0 Å². The summed E-state index contributed by atoms with van der Waals surface area (Å²) in [6.45, 7) is 1.49. The van der Waals surface area contributed by atoms with Gasteiger partial charge >= 0.3 is 0 Å². The van der Waals surface area contributed by atoms with Crippen LogP contribution < -0.4 is 10.2 Å². The lowest BCUT2D eigenvalue weighted by Gasteiger charge is -2.32. The molecule has 1 aliphatic carbocycles. The molecule has 1 fully saturated rings. The number of benzene rings is 1. The summed E-state index contributed by atoms with van der Waals surface area (Å²) in [6.07, 6.45) is 9.57. The Bertz CT molecular complexity index is 1090. The fourth-order valence-electron chi connectivity index (χ4n) is 4.12. The van der Waals surface area contributed by atoms with Crippen molar-refractivity contribution in [3.63, 3.8) is 0 Å². The number of anilines is 1. The summed E-state index contributed by atoms with van der Waals surface area (Å²) in [5, 5.41) is 5.07. The fraction of sp³-hybridized carbons (Fsp3) is 0.320. The minimum absolute atomic E-state index is 0.0711. The highest BCUT2D eigenvalue weighted by Crippen LogP contribution is 2.32. The largest absolute Gasteiger partial charge is 0.351 e. The molecule has 2 amide bonds. The number of rotatable bonds is 7. The van der Waals surface area contributed by atoms with Gasteiger partial charge in [0, 0.05) is 34.6 Å². The molecule has 4 rings (SSSR count). The number of Topliss-reactive ketones (excluding diaryl/α,β-unsaturated/α-hetero) is 1. The Morgan fingerprint density at radius 1 is 1.06 bits per heavy atom. The van der Waals surface area contributed by atoms with Gasteiger partial charge in [0.25, 0.3) is 5.91 Å². The first-order chi connectivity index (χ1) is 16.0. The molecule has 7 nitrogen and oxygen atoms in total. The van der Waals surface area contributed by atoms with E-state index in [1.54, 1.807) is 24.3 Å². The number of ketones is 1. The summed E-state index contributed by atoms with van der Waals surface area (Å²) in [6, 6.07) is 9.67. The number of hydrogen-bond acceptors (Lipinski definition) is 6. The molecule has 8 heteroatoms. The SMILES string of the molecule is CC(=O)c1ccc(N(C(=O)c2cnccn2)C(C(=O)NC2CCCCC2)c2cccs2)cc1. The Kier molecular flexibility index (Phi) is 7.24. The van der Waals surface area contributed by atoms with E-state index < -0.39 is 11.9 Å². The zero-order valence-corrected chi connectivity index (χ0v) is 19.3. The topological polar surface area (TPSA) is 92.3 Å². The standard InChI is InChI=1S/C25H26N4O3S/c1-17(30)18-9-11-20(12-10-18)29(25(32)21-16-26-13-14-27-21)23(22-8-5-15-33-22)24(31)28-19-6-3-2-4-7-19/h5,8-16,19,23H,2-4,6-7H2,1H3,(H,28,31). The van der Waals surface area contributed by atoms with Gasteiger partial charge in [0.2, 0.25) is 5.91 Å². The summed E-state index contributed by atoms with van der Waals surface area (Å²) < 4.78 is 0. The third-order valence-corrected chi connectivity index (χ3v) is 6.75. The predicted octanol–water partition coefficient (Wildman–Crippen LogP) is 4.58. The Balaban J connectivity index is 1.76. The minimum atomic E-state index is -0.871. The monoisotopic (exact) mass is 462 g/mol. The van der Waals surface area contributed by atoms with Gasteiger partial charge in [-0.15, -0.1) is 11.3 Å². The summed E-state index contributed by atoms with van der Waals surface area (Å²) in [4.78, 5) is 49.5. The van der Waals surface area contributed by atoms with Gasteiger partial charge in [0.05, 0.1) is 6.20 Å². The molecule has 0 aliphatic heterocycles. The van der Waals surface area contributed by atoms with E-state index in [0.29, 0.717) is 11.3 Å². The second-order valence-corrected chi connectivity index (χ2v) is 9.11. The lowest BCUT2D eigenvalue weighted by atomic mass is 9.95. The van der Waals surface area contributed by atoms with Gasteiger partial charge in [0.1, 0.15) is 5.69 Å². The number of carbonyl (C=O) groups excluding carboxylic acids is 3. The molecule has 33 heavy (non-hydrogen) atoms. The molecular weight excluding hydrogens is 436 g/mol. The molecular formula is C25H26N4O3S. The molecule has 3 aromatic rings. The van der Waals surface area contributed by atoms with Crippen LogP contribution in [0.2, 0.25) is 0 Å². The van der Waals surface area contributed by atoms with E-state index in [4.69, 9.17) is 0 Å². The van der Waals surface area contributed by atoms with Crippen molar-refractivity contribution < 1.29 is 14.4 Å². The molecule has 2 aromatic heterocycles. The first kappa shape index (κ1) is 22.8. The zero-order valence-electron chi connectivity index (χ0n) is 18.4. The third-order valence-electron chi connectivity index (χ3n) is 5.82. The number of nitrogens with zero attached hydrogens (tertiary/aromatic N) is 3. The summed E-state index contributed by atoms with van der Waals surface area (Å²) in [5.41, 5.74) is 1.18. The van der Waals surface area contributed by atoms with Gasteiger partial charge in [-0.1, -0.05) is 25.3 Å². The average Bonchev–Trinajstić information content (AvgIpc) is 3.37. The number of nitrogens with one attached hydrogen (secondary N) is 1. The summed E-state index contributed by atoms with van der Waals surface area (Å²) in [5.74, 6) is -0.730. The fourth-order valence-corrected chi connectivity index (χ4v) is 4.93. The maximum absolute atomic E-state index is 13.7. The van der Waals surface area contributed by atoms with Gasteiger partial charge in [-0.2, -0.15) is 0 Å². The number of carbonyl (C=O) groups is 3. The predicted molar refractivity (Wildman–Crippen MR) is 127 cm³/mol. The molecule has 0 bridgehead atoms. The summed E-state index contributed by atoms with van der Waals surface area (Å²) in [7, 11) is 0. The van der Waals surface area contributed by atoms with E-state index in [-0.39, 0.29) is 23.4 Å². The quantitative estimate of drug-likeness (QED) is 0.519. The maximum Gasteiger partial charge on any atom is 0.279 e. The van der Waals surface area contributed by atoms with Gasteiger partial charge in [0.15, 0.2) is 11.8 Å². The molecule has 1 N–H and O–H groups in total. The van der Waals surface area contributed by atoms with E-state index in [2.05, 4.69) is 15.3 Å². The van der Waals surface area contributed by atoms with Crippen LogP contribution >= 0.6 is 11.3 Å². The third kappa shape index (κ3) is 5.34. The van der Waals surface area contributed by atoms with Crippen LogP contribution in [0, 0.1) is 0 Å². The van der Waals surface area contributed by atoms with Crippen LogP contribution in [0.15, 0.2) is 60.4 Å². The maximum atomic E-state index is 13.7. The second-order valence-electron chi connectivity index (χ2n) is 8.13. The normalized spacial score (nSPS) is 14.9. The van der Waals surface area contributed by atoms with E-state index >= 15 is 0 Å². The number of aromatic nitrogens is 2. The van der Waals surface area contributed by atoms with Crippen molar-refractivity contribution >= 4 is 34.6 Å². The van der Waals surface area contributed by atoms with Crippen molar-refractivity contribution in [1.29, 1.82) is 0 Å². The molecule has 1 atom stereocenters. The van der Waals surface area contributed by atoms with Crippen LogP contribution in [-0.2, 0) is 4.79 Å². The Hall–Kier alpha value is -3.39. The van der Waals surface area contributed by atoms with Crippen LogP contribution in [0.5, 0.6) is 0 Å². The number of hydrogen-bond donors (Lipinski definition) is 1. The molecule has 2 heterocycles. The Morgan fingerprint density at radius 3 is 2.42 bits per heavy atom. The van der Waals surface area contributed by atoms with Gasteiger partial charge in [-0.05, 0) is 55.5 Å². The van der Waals surface area contributed by atoms with Crippen LogP contribution in [0.1, 0.15) is 70.8 Å². The molecule has 1 unspecified atom stereocenters. The first-order valence-electron chi connectivity index (χ1n) is 11.1. The summed E-state index contributed by atoms with van der Waals surface area (Å²) >= 11 is 1.42. The average molecular weight is 463 g/mol. The van der Waals surface area contributed by atoms with Crippen LogP contribution in [-0.4, -0.2) is 33.6 Å². The van der Waals surface area contributed by atoms with Gasteiger partial charge in [-0.3, -0.25) is 24.3 Å². The molecule has 170 valence electrons. The van der Waals surface area contributed by atoms with Crippen LogP contribution in [0.4, 0.5) is 5.69 Å². The van der Waals surface area contributed by atoms with Crippen molar-refractivity contribution in [2.75, 3.05) is 4.90 Å². The first-order valence-corrected chi connectivity index (χ1v) is 12.0. The van der Waals surface area contributed by atoms with Crippen LogP contribution in [0.3, 0.4) is 0 Å². The van der Waals surface area contributed by atoms with Gasteiger partial charge < -0.3 is 5.32 Å². The Labute approximate surface area is 196 Å². The molecule has 0 radical (unpaired) electrons. The second kappa shape index (κ2) is 10.5. The smallest absolute Gasteiger partial charge is 0.279 e. The zero-order chi connectivity index (χ0) is 23.2. The molecule has 0 saturated heterocycles. The van der Waals surface area contributed by atoms with Crippen molar-refractivity contribution in [1.82, 2.24) is 15.3 Å². The van der Waals surface area contributed by atoms with Crippen molar-refractivity contribution in [2.45, 2.75) is 51.1 Å². The minimum Gasteiger partial charge on any atom is -0.351 e. The highest BCUT2D eigenvalue weighted by molar-refractivity contribution is 7.10. The Morgan fingerprint density at radius 2 is 1.82 bits per heavy atom. The number of thiophene rings is 1. The van der Waals surface area contributed by atoms with E-state index in [9.17, 15) is 14.4 Å². The molecule has 0 spiro atoms. The highest BCUT2D eigenvalue weighted by Gasteiger charge is 2.35. The number of amides is 2. The van der Waals surface area contributed by atoms with Crippen molar-refractivity contribution in [2.24, 2.45) is 0 Å². The van der Waals surface area contributed by atoms with Crippen molar-refractivity contribution in [3.05, 3.63) is 76.5 Å². The van der Waals surface area contributed by atoms with Gasteiger partial charge in [-0.25, -0.2) is 4.98 Å². The van der Waals surface area contributed by atoms with E-state index in [1.807, 2.05) is 17.5 Å².